The number of likely N-dealkylation sites (N-methyl/N-ethyl adjacent to an activating group) is 1. The highest BCUT2D eigenvalue weighted by Gasteiger charge is 2.30. The van der Waals surface area contributed by atoms with E-state index in [-0.39, 0.29) is 30.6 Å². The van der Waals surface area contributed by atoms with Crippen LogP contribution in [0.1, 0.15) is 23.6 Å². The third-order valence-corrected chi connectivity index (χ3v) is 5.41. The predicted molar refractivity (Wildman–Crippen MR) is 125 cm³/mol. The lowest BCUT2D eigenvalue weighted by Gasteiger charge is -2.31. The molecule has 3 aromatic carbocycles. The molecule has 1 N–H and O–H groups in total. The molecule has 1 atom stereocenters. The lowest BCUT2D eigenvalue weighted by molar-refractivity contribution is -0.140. The normalized spacial score (nSPS) is 11.6. The second-order valence-corrected chi connectivity index (χ2v) is 7.99. The van der Waals surface area contributed by atoms with Gasteiger partial charge >= 0.3 is 0 Å². The van der Waals surface area contributed by atoms with Crippen LogP contribution in [-0.2, 0) is 29.0 Å². The van der Waals surface area contributed by atoms with Crippen LogP contribution in [0.2, 0.25) is 5.02 Å². The number of halogens is 2. The second-order valence-electron chi connectivity index (χ2n) is 7.55. The van der Waals surface area contributed by atoms with Crippen molar-refractivity contribution in [3.8, 4) is 0 Å². The smallest absolute Gasteiger partial charge is 0.243 e. The zero-order chi connectivity index (χ0) is 22.9. The molecule has 0 aliphatic rings. The van der Waals surface area contributed by atoms with Crippen molar-refractivity contribution in [1.29, 1.82) is 0 Å². The summed E-state index contributed by atoms with van der Waals surface area (Å²) in [7, 11) is 0. The summed E-state index contributed by atoms with van der Waals surface area (Å²) in [5, 5.41) is 3.46. The van der Waals surface area contributed by atoms with Crippen LogP contribution in [0, 0.1) is 5.82 Å². The topological polar surface area (TPSA) is 49.4 Å². The highest BCUT2D eigenvalue weighted by molar-refractivity contribution is 6.30. The van der Waals surface area contributed by atoms with Crippen LogP contribution < -0.4 is 5.32 Å². The lowest BCUT2D eigenvalue weighted by Crippen LogP contribution is -2.50. The summed E-state index contributed by atoms with van der Waals surface area (Å²) in [6, 6.07) is 22.0. The number of nitrogens with zero attached hydrogens (tertiary/aromatic N) is 1. The Kier molecular flexibility index (Phi) is 8.40. The Morgan fingerprint density at radius 3 is 2.16 bits per heavy atom. The molecular formula is C26H26ClFN2O2. The Balaban J connectivity index is 1.93. The van der Waals surface area contributed by atoms with E-state index in [9.17, 15) is 14.0 Å². The highest BCUT2D eigenvalue weighted by Crippen LogP contribution is 2.18. The molecule has 0 aliphatic heterocycles. The van der Waals surface area contributed by atoms with Crippen molar-refractivity contribution in [2.24, 2.45) is 0 Å². The fourth-order valence-corrected chi connectivity index (χ4v) is 3.64. The minimum Gasteiger partial charge on any atom is -0.355 e. The molecule has 0 fully saturated rings. The Hall–Kier alpha value is -3.18. The maximum Gasteiger partial charge on any atom is 0.243 e. The van der Waals surface area contributed by atoms with Crippen molar-refractivity contribution in [3.05, 3.63) is 106 Å². The Labute approximate surface area is 193 Å². The van der Waals surface area contributed by atoms with Crippen molar-refractivity contribution >= 4 is 23.4 Å². The zero-order valence-electron chi connectivity index (χ0n) is 17.9. The van der Waals surface area contributed by atoms with Crippen LogP contribution >= 0.6 is 11.6 Å². The number of hydrogen-bond donors (Lipinski definition) is 1. The van der Waals surface area contributed by atoms with E-state index in [0.717, 1.165) is 11.1 Å². The first-order chi connectivity index (χ1) is 15.5. The summed E-state index contributed by atoms with van der Waals surface area (Å²) in [4.78, 5) is 28.1. The van der Waals surface area contributed by atoms with Gasteiger partial charge in [-0.15, -0.1) is 0 Å². The van der Waals surface area contributed by atoms with Gasteiger partial charge < -0.3 is 10.2 Å². The van der Waals surface area contributed by atoms with E-state index >= 15 is 0 Å². The van der Waals surface area contributed by atoms with E-state index in [4.69, 9.17) is 11.6 Å². The van der Waals surface area contributed by atoms with Gasteiger partial charge in [0.05, 0.1) is 6.42 Å². The number of nitrogens with one attached hydrogen (secondary N) is 1. The van der Waals surface area contributed by atoms with Crippen LogP contribution in [0.15, 0.2) is 78.9 Å². The van der Waals surface area contributed by atoms with Gasteiger partial charge in [-0.3, -0.25) is 9.59 Å². The molecule has 6 heteroatoms. The third-order valence-electron chi connectivity index (χ3n) is 5.16. The molecule has 2 amide bonds. The second kappa shape index (κ2) is 11.4. The number of hydrogen-bond acceptors (Lipinski definition) is 2. The molecule has 1 unspecified atom stereocenters. The number of carbonyl (C=O) groups is 2. The molecule has 4 nitrogen and oxygen atoms in total. The Bertz CT molecular complexity index is 1020. The van der Waals surface area contributed by atoms with E-state index < -0.39 is 6.04 Å². The Morgan fingerprint density at radius 2 is 1.53 bits per heavy atom. The van der Waals surface area contributed by atoms with Crippen molar-refractivity contribution < 1.29 is 14.0 Å². The largest absolute Gasteiger partial charge is 0.355 e. The molecule has 0 heterocycles. The van der Waals surface area contributed by atoms with E-state index in [1.807, 2.05) is 49.4 Å². The summed E-state index contributed by atoms with van der Waals surface area (Å²) in [5.74, 6) is -0.778. The average molecular weight is 453 g/mol. The van der Waals surface area contributed by atoms with Gasteiger partial charge in [0.25, 0.3) is 0 Å². The summed E-state index contributed by atoms with van der Waals surface area (Å²) < 4.78 is 13.3. The number of benzene rings is 3. The van der Waals surface area contributed by atoms with Gasteiger partial charge in [0.1, 0.15) is 11.9 Å². The summed E-state index contributed by atoms with van der Waals surface area (Å²) in [5.41, 5.74) is 2.51. The summed E-state index contributed by atoms with van der Waals surface area (Å²) in [6.07, 6.45) is 0.452. The maximum absolute atomic E-state index is 13.4. The maximum atomic E-state index is 13.4. The third kappa shape index (κ3) is 6.66. The predicted octanol–water partition coefficient (Wildman–Crippen LogP) is 4.80. The first-order valence-corrected chi connectivity index (χ1v) is 10.9. The van der Waals surface area contributed by atoms with E-state index in [1.165, 1.54) is 12.1 Å². The first-order valence-electron chi connectivity index (χ1n) is 10.6. The summed E-state index contributed by atoms with van der Waals surface area (Å²) in [6.45, 7) is 2.57. The van der Waals surface area contributed by atoms with Gasteiger partial charge in [-0.25, -0.2) is 4.39 Å². The first kappa shape index (κ1) is 23.5. The van der Waals surface area contributed by atoms with Crippen LogP contribution in [0.3, 0.4) is 0 Å². The minimum absolute atomic E-state index is 0.0680. The van der Waals surface area contributed by atoms with E-state index in [0.29, 0.717) is 23.6 Å². The molecule has 3 aromatic rings. The van der Waals surface area contributed by atoms with Gasteiger partial charge in [0.15, 0.2) is 0 Å². The number of amides is 2. The lowest BCUT2D eigenvalue weighted by atomic mass is 10.0. The van der Waals surface area contributed by atoms with Gasteiger partial charge in [-0.2, -0.15) is 0 Å². The average Bonchev–Trinajstić information content (AvgIpc) is 2.79. The van der Waals surface area contributed by atoms with Crippen molar-refractivity contribution in [3.63, 3.8) is 0 Å². The molecule has 0 saturated carbocycles. The van der Waals surface area contributed by atoms with Crippen LogP contribution in [-0.4, -0.2) is 29.3 Å². The summed E-state index contributed by atoms with van der Waals surface area (Å²) >= 11 is 6.02. The molecule has 0 radical (unpaired) electrons. The van der Waals surface area contributed by atoms with Crippen molar-refractivity contribution in [1.82, 2.24) is 10.2 Å². The fourth-order valence-electron chi connectivity index (χ4n) is 3.51. The molecule has 0 aliphatic carbocycles. The van der Waals surface area contributed by atoms with Gasteiger partial charge in [-0.05, 0) is 47.9 Å². The quantitative estimate of drug-likeness (QED) is 0.507. The standard InChI is InChI=1S/C26H26ClFN2O2/c1-2-29-26(32)24(16-19-6-4-3-5-7-19)30(18-21-8-12-22(27)13-9-21)25(31)17-20-10-14-23(28)15-11-20/h3-15,24H,2,16-18H2,1H3,(H,29,32). The van der Waals surface area contributed by atoms with Gasteiger partial charge in [0.2, 0.25) is 11.8 Å². The number of rotatable bonds is 9. The fraction of sp³-hybridized carbons (Fsp3) is 0.231. The molecule has 0 aromatic heterocycles. The van der Waals surface area contributed by atoms with Crippen molar-refractivity contribution in [2.45, 2.75) is 32.4 Å². The molecule has 0 saturated heterocycles. The van der Waals surface area contributed by atoms with Crippen LogP contribution in [0.4, 0.5) is 4.39 Å². The van der Waals surface area contributed by atoms with E-state index in [2.05, 4.69) is 5.32 Å². The van der Waals surface area contributed by atoms with Crippen LogP contribution in [0.5, 0.6) is 0 Å². The molecule has 0 bridgehead atoms. The van der Waals surface area contributed by atoms with Gasteiger partial charge in [-0.1, -0.05) is 66.2 Å². The number of carbonyl (C=O) groups excluding carboxylic acids is 2. The SMILES string of the molecule is CCNC(=O)C(Cc1ccccc1)N(Cc1ccc(Cl)cc1)C(=O)Cc1ccc(F)cc1. The Morgan fingerprint density at radius 1 is 0.906 bits per heavy atom. The minimum atomic E-state index is -0.694. The molecule has 32 heavy (non-hydrogen) atoms. The highest BCUT2D eigenvalue weighted by atomic mass is 35.5. The van der Waals surface area contributed by atoms with Crippen LogP contribution in [0.25, 0.3) is 0 Å². The molecule has 0 spiro atoms. The van der Waals surface area contributed by atoms with Gasteiger partial charge in [0, 0.05) is 24.5 Å². The zero-order valence-corrected chi connectivity index (χ0v) is 18.7. The molecule has 3 rings (SSSR count). The molecular weight excluding hydrogens is 427 g/mol. The monoisotopic (exact) mass is 452 g/mol. The molecule has 166 valence electrons. The van der Waals surface area contributed by atoms with E-state index in [1.54, 1.807) is 29.2 Å². The van der Waals surface area contributed by atoms with Crippen molar-refractivity contribution in [2.75, 3.05) is 6.54 Å².